The van der Waals surface area contributed by atoms with E-state index in [2.05, 4.69) is 10.2 Å². The standard InChI is InChI=1S/C11H14N4O/c12-10(9-4-2-1-3-5-9)6-7-15-8-13-14-11(15)16/h1-5,8,10H,6-7,12H2,(H,14,16). The van der Waals surface area contributed by atoms with E-state index in [-0.39, 0.29) is 11.7 Å². The molecular weight excluding hydrogens is 204 g/mol. The third-order valence-electron chi connectivity index (χ3n) is 2.53. The molecule has 2 aromatic rings. The summed E-state index contributed by atoms with van der Waals surface area (Å²) in [5.74, 6) is 0. The molecule has 16 heavy (non-hydrogen) atoms. The van der Waals surface area contributed by atoms with Crippen LogP contribution in [0.3, 0.4) is 0 Å². The summed E-state index contributed by atoms with van der Waals surface area (Å²) in [6.45, 7) is 0.575. The Balaban J connectivity index is 1.97. The molecule has 0 saturated heterocycles. The van der Waals surface area contributed by atoms with Crippen molar-refractivity contribution in [2.24, 2.45) is 5.73 Å². The van der Waals surface area contributed by atoms with Crippen LogP contribution in [0.4, 0.5) is 0 Å². The zero-order valence-corrected chi connectivity index (χ0v) is 8.84. The summed E-state index contributed by atoms with van der Waals surface area (Å²) in [5, 5.41) is 6.01. The molecule has 0 fully saturated rings. The molecule has 0 aliphatic heterocycles. The molecule has 0 spiro atoms. The van der Waals surface area contributed by atoms with E-state index in [0.29, 0.717) is 13.0 Å². The van der Waals surface area contributed by atoms with Crippen molar-refractivity contribution in [3.63, 3.8) is 0 Å². The molecule has 0 amide bonds. The van der Waals surface area contributed by atoms with E-state index >= 15 is 0 Å². The fourth-order valence-corrected chi connectivity index (χ4v) is 1.57. The van der Waals surface area contributed by atoms with Gasteiger partial charge in [0, 0.05) is 12.6 Å². The van der Waals surface area contributed by atoms with Crippen molar-refractivity contribution in [1.29, 1.82) is 0 Å². The van der Waals surface area contributed by atoms with Crippen molar-refractivity contribution in [3.8, 4) is 0 Å². The van der Waals surface area contributed by atoms with Gasteiger partial charge in [0.05, 0.1) is 0 Å². The highest BCUT2D eigenvalue weighted by atomic mass is 16.1. The Morgan fingerprint density at radius 3 is 2.75 bits per heavy atom. The summed E-state index contributed by atoms with van der Waals surface area (Å²) in [4.78, 5) is 11.2. The molecule has 3 N–H and O–H groups in total. The first-order valence-electron chi connectivity index (χ1n) is 5.17. The van der Waals surface area contributed by atoms with Crippen molar-refractivity contribution < 1.29 is 0 Å². The Bertz CT molecular complexity index is 488. The van der Waals surface area contributed by atoms with Gasteiger partial charge >= 0.3 is 5.69 Å². The lowest BCUT2D eigenvalue weighted by Crippen LogP contribution is -2.20. The quantitative estimate of drug-likeness (QED) is 0.791. The summed E-state index contributed by atoms with van der Waals surface area (Å²) >= 11 is 0. The summed E-state index contributed by atoms with van der Waals surface area (Å²) < 4.78 is 1.52. The molecule has 0 aliphatic rings. The van der Waals surface area contributed by atoms with Crippen LogP contribution in [0.15, 0.2) is 41.5 Å². The van der Waals surface area contributed by atoms with Gasteiger partial charge in [-0.2, -0.15) is 5.10 Å². The molecule has 1 heterocycles. The molecule has 1 aromatic carbocycles. The highest BCUT2D eigenvalue weighted by Crippen LogP contribution is 2.13. The van der Waals surface area contributed by atoms with Crippen LogP contribution < -0.4 is 11.4 Å². The lowest BCUT2D eigenvalue weighted by atomic mass is 10.1. The molecular formula is C11H14N4O. The SMILES string of the molecule is NC(CCn1cn[nH]c1=O)c1ccccc1. The van der Waals surface area contributed by atoms with Gasteiger partial charge in [-0.05, 0) is 12.0 Å². The molecule has 5 nitrogen and oxygen atoms in total. The molecule has 1 aromatic heterocycles. The first kappa shape index (κ1) is 10.6. The molecule has 1 unspecified atom stereocenters. The molecule has 0 bridgehead atoms. The highest BCUT2D eigenvalue weighted by Gasteiger charge is 2.06. The number of aromatic amines is 1. The first-order chi connectivity index (χ1) is 7.77. The van der Waals surface area contributed by atoms with Crippen LogP contribution in [0, 0.1) is 0 Å². The number of aromatic nitrogens is 3. The van der Waals surface area contributed by atoms with Crippen LogP contribution in [-0.4, -0.2) is 14.8 Å². The number of nitrogens with zero attached hydrogens (tertiary/aromatic N) is 2. The lowest BCUT2D eigenvalue weighted by Gasteiger charge is -2.11. The predicted octanol–water partition coefficient (Wildman–Crippen LogP) is 0.661. The molecule has 0 saturated carbocycles. The van der Waals surface area contributed by atoms with Crippen LogP contribution >= 0.6 is 0 Å². The minimum atomic E-state index is -0.194. The van der Waals surface area contributed by atoms with Gasteiger partial charge in [-0.15, -0.1) is 0 Å². The van der Waals surface area contributed by atoms with Crippen molar-refractivity contribution in [2.75, 3.05) is 0 Å². The van der Waals surface area contributed by atoms with Gasteiger partial charge in [-0.25, -0.2) is 9.89 Å². The van der Waals surface area contributed by atoms with Crippen LogP contribution in [0.5, 0.6) is 0 Å². The lowest BCUT2D eigenvalue weighted by molar-refractivity contribution is 0.550. The number of rotatable bonds is 4. The molecule has 2 rings (SSSR count). The monoisotopic (exact) mass is 218 g/mol. The molecule has 1 atom stereocenters. The van der Waals surface area contributed by atoms with Gasteiger partial charge in [0.15, 0.2) is 0 Å². The number of hydrogen-bond donors (Lipinski definition) is 2. The summed E-state index contributed by atoms with van der Waals surface area (Å²) in [6, 6.07) is 9.80. The first-order valence-corrected chi connectivity index (χ1v) is 5.17. The van der Waals surface area contributed by atoms with Crippen molar-refractivity contribution >= 4 is 0 Å². The van der Waals surface area contributed by atoms with Gasteiger partial charge in [0.1, 0.15) is 6.33 Å². The maximum absolute atomic E-state index is 11.2. The number of nitrogens with two attached hydrogens (primary N) is 1. The minimum absolute atomic E-state index is 0.0528. The zero-order chi connectivity index (χ0) is 11.4. The maximum atomic E-state index is 11.2. The topological polar surface area (TPSA) is 76.7 Å². The third kappa shape index (κ3) is 2.38. The van der Waals surface area contributed by atoms with Crippen molar-refractivity contribution in [2.45, 2.75) is 19.0 Å². The summed E-state index contributed by atoms with van der Waals surface area (Å²) in [5.41, 5.74) is 6.90. The second kappa shape index (κ2) is 4.76. The number of benzene rings is 1. The van der Waals surface area contributed by atoms with E-state index in [1.54, 1.807) is 0 Å². The molecule has 0 aliphatic carbocycles. The normalized spacial score (nSPS) is 12.6. The Morgan fingerprint density at radius 1 is 1.38 bits per heavy atom. The third-order valence-corrected chi connectivity index (χ3v) is 2.53. The number of hydrogen-bond acceptors (Lipinski definition) is 3. The fraction of sp³-hybridized carbons (Fsp3) is 0.273. The number of nitrogens with one attached hydrogen (secondary N) is 1. The van der Waals surface area contributed by atoms with Gasteiger partial charge in [0.25, 0.3) is 0 Å². The van der Waals surface area contributed by atoms with Crippen LogP contribution in [0.1, 0.15) is 18.0 Å². The van der Waals surface area contributed by atoms with E-state index in [1.807, 2.05) is 30.3 Å². The van der Waals surface area contributed by atoms with Gasteiger partial charge in [0.2, 0.25) is 0 Å². The Morgan fingerprint density at radius 2 is 2.12 bits per heavy atom. The number of aryl methyl sites for hydroxylation is 1. The van der Waals surface area contributed by atoms with Gasteiger partial charge in [-0.3, -0.25) is 4.57 Å². The summed E-state index contributed by atoms with van der Waals surface area (Å²) in [7, 11) is 0. The highest BCUT2D eigenvalue weighted by molar-refractivity contribution is 5.18. The van der Waals surface area contributed by atoms with E-state index in [9.17, 15) is 4.79 Å². The van der Waals surface area contributed by atoms with E-state index in [1.165, 1.54) is 10.9 Å². The Hall–Kier alpha value is -1.88. The smallest absolute Gasteiger partial charge is 0.324 e. The van der Waals surface area contributed by atoms with Crippen LogP contribution in [0.2, 0.25) is 0 Å². The second-order valence-corrected chi connectivity index (χ2v) is 3.66. The second-order valence-electron chi connectivity index (χ2n) is 3.66. The Kier molecular flexibility index (Phi) is 3.16. The average molecular weight is 218 g/mol. The largest absolute Gasteiger partial charge is 0.343 e. The summed E-state index contributed by atoms with van der Waals surface area (Å²) in [6.07, 6.45) is 2.20. The average Bonchev–Trinajstić information content (AvgIpc) is 2.73. The molecule has 84 valence electrons. The molecule has 5 heteroatoms. The van der Waals surface area contributed by atoms with Gasteiger partial charge < -0.3 is 5.73 Å². The molecule has 0 radical (unpaired) electrons. The predicted molar refractivity (Wildman–Crippen MR) is 60.8 cm³/mol. The van der Waals surface area contributed by atoms with Gasteiger partial charge in [-0.1, -0.05) is 30.3 Å². The number of H-pyrrole nitrogens is 1. The van der Waals surface area contributed by atoms with E-state index in [4.69, 9.17) is 5.73 Å². The minimum Gasteiger partial charge on any atom is -0.324 e. The maximum Gasteiger partial charge on any atom is 0.343 e. The fourth-order valence-electron chi connectivity index (χ4n) is 1.57. The zero-order valence-electron chi connectivity index (χ0n) is 8.84. The van der Waals surface area contributed by atoms with Crippen molar-refractivity contribution in [3.05, 3.63) is 52.7 Å². The van der Waals surface area contributed by atoms with Crippen LogP contribution in [-0.2, 0) is 6.54 Å². The van der Waals surface area contributed by atoms with Crippen molar-refractivity contribution in [1.82, 2.24) is 14.8 Å². The van der Waals surface area contributed by atoms with E-state index in [0.717, 1.165) is 5.56 Å². The van der Waals surface area contributed by atoms with E-state index < -0.39 is 0 Å². The van der Waals surface area contributed by atoms with Crippen LogP contribution in [0.25, 0.3) is 0 Å². The Labute approximate surface area is 92.9 Å².